The molecule has 0 unspecified atom stereocenters. The van der Waals surface area contributed by atoms with Gasteiger partial charge in [-0.25, -0.2) is 0 Å². The van der Waals surface area contributed by atoms with E-state index in [9.17, 15) is 19.5 Å². The van der Waals surface area contributed by atoms with Crippen LogP contribution in [0.3, 0.4) is 0 Å². The van der Waals surface area contributed by atoms with E-state index in [0.29, 0.717) is 30.9 Å². The molecule has 4 heterocycles. The van der Waals surface area contributed by atoms with Crippen LogP contribution >= 0.6 is 0 Å². The Morgan fingerprint density at radius 1 is 1.33 bits per heavy atom. The van der Waals surface area contributed by atoms with E-state index in [4.69, 9.17) is 10.5 Å². The van der Waals surface area contributed by atoms with Crippen molar-refractivity contribution in [1.29, 1.82) is 0 Å². The SMILES string of the molecule is CC1(Cn2c(=O)c(C(N)=O)c(O)n3nc(C4CC4)c(/C=C/C(=O)N4C[C@@H]5C[C@H]4CO5)c23)CC1. The molecule has 4 aliphatic rings. The topological polar surface area (TPSA) is 132 Å². The van der Waals surface area contributed by atoms with Crippen LogP contribution in [0.4, 0.5) is 0 Å². The maximum absolute atomic E-state index is 13.3. The number of morpholine rings is 1. The van der Waals surface area contributed by atoms with Gasteiger partial charge in [-0.2, -0.15) is 9.61 Å². The number of nitrogens with two attached hydrogens (primary N) is 1. The summed E-state index contributed by atoms with van der Waals surface area (Å²) in [7, 11) is 0. The normalized spacial score (nSPS) is 25.4. The van der Waals surface area contributed by atoms with E-state index in [-0.39, 0.29) is 29.4 Å². The molecule has 10 heteroatoms. The highest BCUT2D eigenvalue weighted by molar-refractivity contribution is 5.96. The first kappa shape index (κ1) is 20.5. The van der Waals surface area contributed by atoms with E-state index in [2.05, 4.69) is 12.0 Å². The van der Waals surface area contributed by atoms with Gasteiger partial charge in [0, 0.05) is 30.6 Å². The number of aromatic nitrogens is 3. The van der Waals surface area contributed by atoms with Crippen LogP contribution in [-0.2, 0) is 16.1 Å². The lowest BCUT2D eigenvalue weighted by atomic mass is 10.1. The Kier molecular flexibility index (Phi) is 4.30. The number of carbonyl (C=O) groups is 2. The first-order chi connectivity index (χ1) is 15.8. The summed E-state index contributed by atoms with van der Waals surface area (Å²) in [5, 5.41) is 15.4. The second kappa shape index (κ2) is 6.93. The predicted octanol–water partition coefficient (Wildman–Crippen LogP) is 0.991. The summed E-state index contributed by atoms with van der Waals surface area (Å²) < 4.78 is 8.34. The molecule has 4 fully saturated rings. The number of aromatic hydroxyl groups is 1. The number of primary amides is 1. The lowest BCUT2D eigenvalue weighted by Gasteiger charge is -2.25. The molecule has 2 aliphatic carbocycles. The highest BCUT2D eigenvalue weighted by atomic mass is 16.5. The van der Waals surface area contributed by atoms with Crippen LogP contribution in [0.2, 0.25) is 0 Å². The zero-order valence-electron chi connectivity index (χ0n) is 18.5. The van der Waals surface area contributed by atoms with Crippen molar-refractivity contribution in [1.82, 2.24) is 19.1 Å². The third kappa shape index (κ3) is 3.26. The van der Waals surface area contributed by atoms with Gasteiger partial charge in [-0.05, 0) is 43.6 Å². The second-order valence-corrected chi connectivity index (χ2v) is 10.2. The fraction of sp³-hybridized carbons (Fsp3) is 0.565. The largest absolute Gasteiger partial charge is 0.492 e. The van der Waals surface area contributed by atoms with Crippen molar-refractivity contribution >= 4 is 23.5 Å². The number of amides is 2. The summed E-state index contributed by atoms with van der Waals surface area (Å²) in [6, 6.07) is 0.106. The van der Waals surface area contributed by atoms with Crippen molar-refractivity contribution in [2.45, 2.75) is 63.6 Å². The van der Waals surface area contributed by atoms with E-state index in [0.717, 1.165) is 37.8 Å². The molecular weight excluding hydrogens is 426 g/mol. The van der Waals surface area contributed by atoms with Crippen molar-refractivity contribution < 1.29 is 19.4 Å². The van der Waals surface area contributed by atoms with Gasteiger partial charge in [0.1, 0.15) is 5.65 Å². The minimum atomic E-state index is -0.990. The van der Waals surface area contributed by atoms with Gasteiger partial charge < -0.3 is 20.5 Å². The minimum absolute atomic E-state index is 0.0637. The standard InChI is InChI=1S/C23H27N5O5/c1-23(6-7-23)11-27-20-15(4-5-16(29)26-9-14-8-13(26)10-33-14)18(12-2-3-12)25-28(20)22(32)17(19(24)30)21(27)31/h4-5,12-14,32H,2-3,6-11H2,1H3,(H2,24,30)/b5-4+/t13-,14-/m0/s1. The summed E-state index contributed by atoms with van der Waals surface area (Å²) in [4.78, 5) is 40.1. The molecule has 2 aliphatic heterocycles. The molecule has 2 atom stereocenters. The van der Waals surface area contributed by atoms with Gasteiger partial charge in [0.15, 0.2) is 5.56 Å². The fourth-order valence-electron chi connectivity index (χ4n) is 5.13. The molecule has 10 nitrogen and oxygen atoms in total. The summed E-state index contributed by atoms with van der Waals surface area (Å²) in [5.74, 6) is -1.46. The zero-order valence-corrected chi connectivity index (χ0v) is 18.5. The molecule has 0 radical (unpaired) electrons. The van der Waals surface area contributed by atoms with Crippen molar-refractivity contribution in [3.63, 3.8) is 0 Å². The molecular formula is C23H27N5O5. The van der Waals surface area contributed by atoms with Crippen molar-refractivity contribution in [2.24, 2.45) is 11.1 Å². The Hall–Kier alpha value is -3.14. The number of carbonyl (C=O) groups excluding carboxylic acids is 2. The molecule has 2 saturated carbocycles. The van der Waals surface area contributed by atoms with Gasteiger partial charge in [-0.15, -0.1) is 0 Å². The highest BCUT2D eigenvalue weighted by Crippen LogP contribution is 2.47. The van der Waals surface area contributed by atoms with E-state index in [1.54, 1.807) is 6.08 Å². The Morgan fingerprint density at radius 2 is 2.09 bits per heavy atom. The summed E-state index contributed by atoms with van der Waals surface area (Å²) >= 11 is 0. The van der Waals surface area contributed by atoms with Crippen LogP contribution in [0.15, 0.2) is 10.9 Å². The van der Waals surface area contributed by atoms with Crippen LogP contribution in [-0.4, -0.2) is 61.3 Å². The van der Waals surface area contributed by atoms with Crippen molar-refractivity contribution in [2.75, 3.05) is 13.2 Å². The number of nitrogens with zero attached hydrogens (tertiary/aromatic N) is 4. The average Bonchev–Trinajstić information content (AvgIpc) is 3.61. The molecule has 2 saturated heterocycles. The van der Waals surface area contributed by atoms with Crippen LogP contribution in [0, 0.1) is 5.41 Å². The summed E-state index contributed by atoms with van der Waals surface area (Å²) in [6.07, 6.45) is 8.02. The molecule has 33 heavy (non-hydrogen) atoms. The number of fused-ring (bicyclic) bond motifs is 3. The molecule has 174 valence electrons. The van der Waals surface area contributed by atoms with Gasteiger partial charge >= 0.3 is 0 Å². The molecule has 6 rings (SSSR count). The number of likely N-dealkylation sites (tertiary alicyclic amines) is 1. The number of hydrogen-bond acceptors (Lipinski definition) is 6. The van der Waals surface area contributed by atoms with E-state index < -0.39 is 22.9 Å². The lowest BCUT2D eigenvalue weighted by molar-refractivity contribution is -0.130. The maximum Gasteiger partial charge on any atom is 0.270 e. The van der Waals surface area contributed by atoms with E-state index >= 15 is 0 Å². The molecule has 2 aromatic rings. The Labute approximate surface area is 189 Å². The minimum Gasteiger partial charge on any atom is -0.492 e. The van der Waals surface area contributed by atoms with Gasteiger partial charge in [-0.1, -0.05) is 6.92 Å². The number of hydrogen-bond donors (Lipinski definition) is 2. The van der Waals surface area contributed by atoms with Gasteiger partial charge in [-0.3, -0.25) is 19.0 Å². The number of rotatable bonds is 6. The van der Waals surface area contributed by atoms with E-state index in [1.807, 2.05) is 4.90 Å². The van der Waals surface area contributed by atoms with Crippen molar-refractivity contribution in [3.8, 4) is 5.88 Å². The summed E-state index contributed by atoms with van der Waals surface area (Å²) in [5.41, 5.74) is 6.04. The molecule has 0 aromatic carbocycles. The molecule has 2 bridgehead atoms. The highest BCUT2D eigenvalue weighted by Gasteiger charge is 2.42. The van der Waals surface area contributed by atoms with Gasteiger partial charge in [0.2, 0.25) is 11.8 Å². The van der Waals surface area contributed by atoms with Crippen LogP contribution in [0.25, 0.3) is 11.7 Å². The van der Waals surface area contributed by atoms with Crippen LogP contribution in [0.5, 0.6) is 5.88 Å². The Morgan fingerprint density at radius 3 is 2.67 bits per heavy atom. The predicted molar refractivity (Wildman–Crippen MR) is 118 cm³/mol. The van der Waals surface area contributed by atoms with Crippen LogP contribution in [0.1, 0.15) is 66.6 Å². The Bertz CT molecular complexity index is 1280. The third-order valence-electron chi connectivity index (χ3n) is 7.49. The third-order valence-corrected chi connectivity index (χ3v) is 7.49. The first-order valence-corrected chi connectivity index (χ1v) is 11.5. The fourth-order valence-corrected chi connectivity index (χ4v) is 5.13. The van der Waals surface area contributed by atoms with Crippen LogP contribution < -0.4 is 11.3 Å². The summed E-state index contributed by atoms with van der Waals surface area (Å²) in [6.45, 7) is 3.61. The molecule has 0 spiro atoms. The molecule has 3 N–H and O–H groups in total. The smallest absolute Gasteiger partial charge is 0.270 e. The van der Waals surface area contributed by atoms with Gasteiger partial charge in [0.25, 0.3) is 11.5 Å². The molecule has 2 amide bonds. The Balaban J connectivity index is 1.50. The first-order valence-electron chi connectivity index (χ1n) is 11.5. The number of ether oxygens (including phenoxy) is 1. The maximum atomic E-state index is 13.3. The zero-order chi connectivity index (χ0) is 23.1. The van der Waals surface area contributed by atoms with Crippen molar-refractivity contribution in [3.05, 3.63) is 33.3 Å². The lowest BCUT2D eigenvalue weighted by Crippen LogP contribution is -2.40. The van der Waals surface area contributed by atoms with E-state index in [1.165, 1.54) is 15.2 Å². The molecule has 2 aromatic heterocycles. The van der Waals surface area contributed by atoms with Gasteiger partial charge in [0.05, 0.1) is 24.4 Å². The second-order valence-electron chi connectivity index (χ2n) is 10.2. The monoisotopic (exact) mass is 453 g/mol. The quantitative estimate of drug-likeness (QED) is 0.627. The average molecular weight is 453 g/mol.